The number of benzene rings is 1. The van der Waals surface area contributed by atoms with Gasteiger partial charge in [0.05, 0.1) is 11.3 Å². The highest BCUT2D eigenvalue weighted by atomic mass is 32.2. The maximum atomic E-state index is 9.32. The first-order chi connectivity index (χ1) is 9.35. The molecule has 1 aliphatic heterocycles. The van der Waals surface area contributed by atoms with Crippen LogP contribution in [0.1, 0.15) is 25.3 Å². The van der Waals surface area contributed by atoms with Crippen LogP contribution in [0.5, 0.6) is 0 Å². The highest BCUT2D eigenvalue weighted by Gasteiger charge is 2.11. The molecule has 2 rings (SSSR count). The van der Waals surface area contributed by atoms with Gasteiger partial charge in [-0.2, -0.15) is 5.26 Å². The number of rotatable bonds is 6. The zero-order valence-corrected chi connectivity index (χ0v) is 12.3. The summed E-state index contributed by atoms with van der Waals surface area (Å²) >= 11 is 1.73. The van der Waals surface area contributed by atoms with Crippen LogP contribution < -0.4 is 5.32 Å². The van der Waals surface area contributed by atoms with Crippen molar-refractivity contribution in [3.8, 4) is 6.07 Å². The van der Waals surface area contributed by atoms with E-state index < -0.39 is 0 Å². The number of hydrogen-bond acceptors (Lipinski definition) is 4. The maximum absolute atomic E-state index is 9.32. The van der Waals surface area contributed by atoms with Crippen molar-refractivity contribution in [2.45, 2.75) is 24.7 Å². The normalized spacial score (nSPS) is 15.4. The predicted octanol–water partition coefficient (Wildman–Crippen LogP) is 3.18. The van der Waals surface area contributed by atoms with Gasteiger partial charge in [-0.1, -0.05) is 13.0 Å². The lowest BCUT2D eigenvalue weighted by molar-refractivity contribution is 0.352. The fraction of sp³-hybridized carbons (Fsp3) is 0.533. The second-order valence-corrected chi connectivity index (χ2v) is 6.00. The van der Waals surface area contributed by atoms with Crippen molar-refractivity contribution in [3.05, 3.63) is 23.8 Å². The summed E-state index contributed by atoms with van der Waals surface area (Å²) < 4.78 is 0. The Morgan fingerprint density at radius 3 is 2.84 bits per heavy atom. The highest BCUT2D eigenvalue weighted by Crippen LogP contribution is 2.27. The van der Waals surface area contributed by atoms with Crippen molar-refractivity contribution >= 4 is 17.4 Å². The molecule has 1 aromatic carbocycles. The van der Waals surface area contributed by atoms with Crippen LogP contribution in [0.3, 0.4) is 0 Å². The molecule has 0 spiro atoms. The van der Waals surface area contributed by atoms with Crippen molar-refractivity contribution in [2.75, 3.05) is 37.2 Å². The molecule has 0 aromatic heterocycles. The third-order valence-corrected chi connectivity index (χ3v) is 4.32. The molecule has 3 nitrogen and oxygen atoms in total. The lowest BCUT2D eigenvalue weighted by Gasteiger charge is -2.16. The first-order valence-electron chi connectivity index (χ1n) is 6.97. The molecular formula is C15H21N3S. The predicted molar refractivity (Wildman–Crippen MR) is 81.7 cm³/mol. The summed E-state index contributed by atoms with van der Waals surface area (Å²) in [5.41, 5.74) is 1.76. The highest BCUT2D eigenvalue weighted by molar-refractivity contribution is 7.99. The summed E-state index contributed by atoms with van der Waals surface area (Å²) in [7, 11) is 0. The van der Waals surface area contributed by atoms with Crippen molar-refractivity contribution in [3.63, 3.8) is 0 Å². The van der Waals surface area contributed by atoms with Crippen molar-refractivity contribution in [2.24, 2.45) is 0 Å². The molecule has 0 amide bonds. The average Bonchev–Trinajstić information content (AvgIpc) is 2.93. The van der Waals surface area contributed by atoms with Crippen LogP contribution in [0.25, 0.3) is 0 Å². The van der Waals surface area contributed by atoms with E-state index in [0.29, 0.717) is 0 Å². The minimum absolute atomic E-state index is 0.788. The zero-order chi connectivity index (χ0) is 13.5. The van der Waals surface area contributed by atoms with Gasteiger partial charge < -0.3 is 10.2 Å². The minimum Gasteiger partial charge on any atom is -0.383 e. The maximum Gasteiger partial charge on any atom is 0.102 e. The van der Waals surface area contributed by atoms with Gasteiger partial charge in [0.25, 0.3) is 0 Å². The van der Waals surface area contributed by atoms with Crippen LogP contribution in [0.2, 0.25) is 0 Å². The summed E-state index contributed by atoms with van der Waals surface area (Å²) in [4.78, 5) is 3.56. The summed E-state index contributed by atoms with van der Waals surface area (Å²) in [6.45, 7) is 6.53. The van der Waals surface area contributed by atoms with Gasteiger partial charge in [-0.05, 0) is 43.8 Å². The summed E-state index contributed by atoms with van der Waals surface area (Å²) in [6.07, 6.45) is 2.65. The number of nitrogens with one attached hydrogen (secondary N) is 1. The first kappa shape index (κ1) is 14.2. The van der Waals surface area contributed by atoms with E-state index in [0.717, 1.165) is 35.0 Å². The van der Waals surface area contributed by atoms with E-state index >= 15 is 0 Å². The third-order valence-electron chi connectivity index (χ3n) is 3.38. The Morgan fingerprint density at radius 1 is 1.37 bits per heavy atom. The molecular weight excluding hydrogens is 254 g/mol. The Bertz CT molecular complexity index is 447. The van der Waals surface area contributed by atoms with Gasteiger partial charge in [0.15, 0.2) is 0 Å². The number of hydrogen-bond donors (Lipinski definition) is 1. The lowest BCUT2D eigenvalue weighted by atomic mass is 10.2. The van der Waals surface area contributed by atoms with E-state index in [-0.39, 0.29) is 0 Å². The Labute approximate surface area is 120 Å². The molecule has 0 saturated carbocycles. The monoisotopic (exact) mass is 275 g/mol. The Kier molecular flexibility index (Phi) is 5.56. The summed E-state index contributed by atoms with van der Waals surface area (Å²) in [5.74, 6) is 0.992. The summed E-state index contributed by atoms with van der Waals surface area (Å²) in [5, 5.41) is 12.7. The van der Waals surface area contributed by atoms with Gasteiger partial charge >= 0.3 is 0 Å². The molecule has 0 aliphatic carbocycles. The molecule has 1 N–H and O–H groups in total. The minimum atomic E-state index is 0.788. The molecule has 0 bridgehead atoms. The zero-order valence-electron chi connectivity index (χ0n) is 11.5. The largest absolute Gasteiger partial charge is 0.383 e. The van der Waals surface area contributed by atoms with E-state index in [1.165, 1.54) is 25.9 Å². The van der Waals surface area contributed by atoms with Gasteiger partial charge in [0.1, 0.15) is 6.07 Å². The second-order valence-electron chi connectivity index (χ2n) is 4.70. The molecule has 0 unspecified atom stereocenters. The Hall–Kier alpha value is -1.18. The van der Waals surface area contributed by atoms with Crippen LogP contribution in [-0.2, 0) is 0 Å². The summed E-state index contributed by atoms with van der Waals surface area (Å²) in [6, 6.07) is 8.38. The van der Waals surface area contributed by atoms with Crippen LogP contribution in [0.15, 0.2) is 23.1 Å². The van der Waals surface area contributed by atoms with E-state index in [1.54, 1.807) is 11.8 Å². The second kappa shape index (κ2) is 7.42. The Morgan fingerprint density at radius 2 is 2.16 bits per heavy atom. The topological polar surface area (TPSA) is 39.1 Å². The van der Waals surface area contributed by atoms with Gasteiger partial charge in [-0.3, -0.25) is 0 Å². The van der Waals surface area contributed by atoms with Crippen molar-refractivity contribution < 1.29 is 0 Å². The van der Waals surface area contributed by atoms with E-state index in [9.17, 15) is 5.26 Å². The molecule has 4 heteroatoms. The quantitative estimate of drug-likeness (QED) is 0.809. The first-order valence-corrected chi connectivity index (χ1v) is 7.96. The number of likely N-dealkylation sites (tertiary alicyclic amines) is 1. The van der Waals surface area contributed by atoms with Crippen molar-refractivity contribution in [1.82, 2.24) is 4.90 Å². The van der Waals surface area contributed by atoms with Crippen LogP contribution in [0, 0.1) is 11.3 Å². The standard InChI is InChI=1S/C15H21N3S/c1-2-19-15-7-5-6-14(13(15)12-16)17-8-11-18-9-3-4-10-18/h5-7,17H,2-4,8-11H2,1H3. The molecule has 1 aromatic rings. The average molecular weight is 275 g/mol. The lowest BCUT2D eigenvalue weighted by Crippen LogP contribution is -2.26. The van der Waals surface area contributed by atoms with E-state index in [1.807, 2.05) is 18.2 Å². The van der Waals surface area contributed by atoms with Gasteiger partial charge in [0.2, 0.25) is 0 Å². The van der Waals surface area contributed by atoms with Gasteiger partial charge in [-0.25, -0.2) is 0 Å². The molecule has 1 saturated heterocycles. The van der Waals surface area contributed by atoms with Gasteiger partial charge in [-0.15, -0.1) is 11.8 Å². The number of nitrogens with zero attached hydrogens (tertiary/aromatic N) is 2. The SMILES string of the molecule is CCSc1cccc(NCCN2CCCC2)c1C#N. The van der Waals surface area contributed by atoms with E-state index in [2.05, 4.69) is 23.2 Å². The van der Waals surface area contributed by atoms with Gasteiger partial charge in [0, 0.05) is 18.0 Å². The third kappa shape index (κ3) is 3.89. The molecule has 1 heterocycles. The number of thioether (sulfide) groups is 1. The Balaban J connectivity index is 1.95. The number of nitriles is 1. The fourth-order valence-corrected chi connectivity index (χ4v) is 3.21. The number of anilines is 1. The molecule has 19 heavy (non-hydrogen) atoms. The smallest absolute Gasteiger partial charge is 0.102 e. The fourth-order valence-electron chi connectivity index (χ4n) is 2.42. The van der Waals surface area contributed by atoms with Crippen LogP contribution >= 0.6 is 11.8 Å². The molecule has 1 fully saturated rings. The van der Waals surface area contributed by atoms with Crippen LogP contribution in [-0.4, -0.2) is 36.8 Å². The molecule has 0 atom stereocenters. The van der Waals surface area contributed by atoms with Crippen LogP contribution in [0.4, 0.5) is 5.69 Å². The molecule has 0 radical (unpaired) electrons. The molecule has 102 valence electrons. The van der Waals surface area contributed by atoms with Crippen molar-refractivity contribution in [1.29, 1.82) is 5.26 Å². The molecule has 1 aliphatic rings. The van der Waals surface area contributed by atoms with E-state index in [4.69, 9.17) is 0 Å².